The summed E-state index contributed by atoms with van der Waals surface area (Å²) >= 11 is 0. The normalized spacial score (nSPS) is 10.2. The molecule has 0 aliphatic rings. The fourth-order valence-corrected chi connectivity index (χ4v) is 1.51. The maximum absolute atomic E-state index is 11.7. The summed E-state index contributed by atoms with van der Waals surface area (Å²) in [4.78, 5) is 29.4. The van der Waals surface area contributed by atoms with Gasteiger partial charge >= 0.3 is 0 Å². The molecule has 2 aromatic rings. The number of hydrogen-bond acceptors (Lipinski definition) is 5. The third kappa shape index (κ3) is 2.39. The molecule has 1 heterocycles. The van der Waals surface area contributed by atoms with Crippen molar-refractivity contribution in [3.63, 3.8) is 0 Å². The van der Waals surface area contributed by atoms with Crippen LogP contribution in [0.3, 0.4) is 0 Å². The summed E-state index contributed by atoms with van der Waals surface area (Å²) in [5, 5.41) is 20.9. The van der Waals surface area contributed by atoms with E-state index < -0.39 is 11.5 Å². The first-order chi connectivity index (χ1) is 9.02. The molecule has 0 bridgehead atoms. The number of phenols is 2. The molecular formula is C12H11N3O4. The third-order valence-electron chi connectivity index (χ3n) is 2.52. The molecule has 4 N–H and O–H groups in total. The molecule has 0 saturated heterocycles. The van der Waals surface area contributed by atoms with E-state index in [-0.39, 0.29) is 22.9 Å². The largest absolute Gasteiger partial charge is 0.504 e. The zero-order chi connectivity index (χ0) is 14.0. The number of aromatic hydroxyl groups is 2. The maximum atomic E-state index is 11.7. The molecule has 0 fully saturated rings. The van der Waals surface area contributed by atoms with Gasteiger partial charge in [-0.05, 0) is 18.2 Å². The summed E-state index contributed by atoms with van der Waals surface area (Å²) in [5.41, 5.74) is -0.276. The van der Waals surface area contributed by atoms with Crippen LogP contribution in [0.15, 0.2) is 29.2 Å². The molecule has 0 unspecified atom stereocenters. The van der Waals surface area contributed by atoms with Crippen LogP contribution in [-0.4, -0.2) is 33.1 Å². The van der Waals surface area contributed by atoms with Gasteiger partial charge in [0.05, 0.1) is 0 Å². The first-order valence-electron chi connectivity index (χ1n) is 5.36. The Morgan fingerprint density at radius 1 is 1.32 bits per heavy atom. The van der Waals surface area contributed by atoms with Gasteiger partial charge in [-0.3, -0.25) is 9.59 Å². The van der Waals surface area contributed by atoms with Crippen molar-refractivity contribution in [2.45, 2.75) is 0 Å². The summed E-state index contributed by atoms with van der Waals surface area (Å²) < 4.78 is 0. The highest BCUT2D eigenvalue weighted by Crippen LogP contribution is 2.28. The molecule has 0 saturated carbocycles. The Labute approximate surface area is 107 Å². The quantitative estimate of drug-likeness (QED) is 0.577. The molecule has 1 amide bonds. The summed E-state index contributed by atoms with van der Waals surface area (Å²) in [7, 11) is 1.41. The molecule has 0 atom stereocenters. The summed E-state index contributed by atoms with van der Waals surface area (Å²) in [6.45, 7) is 0. The van der Waals surface area contributed by atoms with Crippen LogP contribution in [0.2, 0.25) is 0 Å². The van der Waals surface area contributed by atoms with Crippen molar-refractivity contribution in [1.82, 2.24) is 15.3 Å². The zero-order valence-corrected chi connectivity index (χ0v) is 9.97. The number of rotatable bonds is 2. The van der Waals surface area contributed by atoms with Gasteiger partial charge in [-0.2, -0.15) is 0 Å². The molecule has 0 radical (unpaired) electrons. The molecule has 0 aliphatic heterocycles. The first-order valence-corrected chi connectivity index (χ1v) is 5.36. The fourth-order valence-electron chi connectivity index (χ4n) is 1.51. The van der Waals surface area contributed by atoms with E-state index in [2.05, 4.69) is 15.3 Å². The van der Waals surface area contributed by atoms with Crippen LogP contribution in [0, 0.1) is 0 Å². The number of aromatic amines is 1. The Hall–Kier alpha value is -2.83. The van der Waals surface area contributed by atoms with Crippen molar-refractivity contribution < 1.29 is 15.0 Å². The number of carbonyl (C=O) groups is 1. The molecule has 7 nitrogen and oxygen atoms in total. The van der Waals surface area contributed by atoms with Crippen molar-refractivity contribution in [3.05, 3.63) is 40.3 Å². The SMILES string of the molecule is CNC(=O)c1cnc(-c2ccc(O)c(O)c2)[nH]c1=O. The van der Waals surface area contributed by atoms with E-state index in [0.717, 1.165) is 6.20 Å². The predicted molar refractivity (Wildman–Crippen MR) is 67.0 cm³/mol. The molecule has 0 spiro atoms. The van der Waals surface area contributed by atoms with Gasteiger partial charge in [-0.1, -0.05) is 0 Å². The number of amides is 1. The maximum Gasteiger partial charge on any atom is 0.264 e. The Morgan fingerprint density at radius 2 is 2.05 bits per heavy atom. The number of H-pyrrole nitrogens is 1. The standard InChI is InChI=1S/C12H11N3O4/c1-13-11(18)7-5-14-10(15-12(7)19)6-2-3-8(16)9(17)4-6/h2-5,16-17H,1H3,(H,13,18)(H,14,15,19). The minimum atomic E-state index is -0.586. The van der Waals surface area contributed by atoms with Crippen molar-refractivity contribution in [3.8, 4) is 22.9 Å². The van der Waals surface area contributed by atoms with Crippen molar-refractivity contribution in [2.75, 3.05) is 7.05 Å². The Balaban J connectivity index is 2.47. The van der Waals surface area contributed by atoms with Crippen LogP contribution >= 0.6 is 0 Å². The summed E-state index contributed by atoms with van der Waals surface area (Å²) in [6, 6.07) is 4.01. The van der Waals surface area contributed by atoms with Gasteiger partial charge in [0, 0.05) is 18.8 Å². The van der Waals surface area contributed by atoms with E-state index in [1.807, 2.05) is 0 Å². The summed E-state index contributed by atoms with van der Waals surface area (Å²) in [6.07, 6.45) is 1.15. The topological polar surface area (TPSA) is 115 Å². The molecule has 1 aromatic carbocycles. The van der Waals surface area contributed by atoms with Gasteiger partial charge in [-0.25, -0.2) is 4.98 Å². The number of nitrogens with zero attached hydrogens (tertiary/aromatic N) is 1. The fraction of sp³-hybridized carbons (Fsp3) is 0.0833. The number of benzene rings is 1. The van der Waals surface area contributed by atoms with Crippen LogP contribution in [0.1, 0.15) is 10.4 Å². The lowest BCUT2D eigenvalue weighted by atomic mass is 10.2. The monoisotopic (exact) mass is 261 g/mol. The van der Waals surface area contributed by atoms with Gasteiger partial charge in [0.25, 0.3) is 11.5 Å². The minimum Gasteiger partial charge on any atom is -0.504 e. The van der Waals surface area contributed by atoms with E-state index >= 15 is 0 Å². The number of hydrogen-bond donors (Lipinski definition) is 4. The predicted octanol–water partition coefficient (Wildman–Crippen LogP) is 0.208. The Morgan fingerprint density at radius 3 is 2.63 bits per heavy atom. The highest BCUT2D eigenvalue weighted by molar-refractivity contribution is 5.93. The molecule has 2 rings (SSSR count). The van der Waals surface area contributed by atoms with E-state index in [9.17, 15) is 19.8 Å². The van der Waals surface area contributed by atoms with Gasteiger partial charge < -0.3 is 20.5 Å². The Kier molecular flexibility index (Phi) is 3.19. The van der Waals surface area contributed by atoms with E-state index in [0.29, 0.717) is 5.56 Å². The first kappa shape index (κ1) is 12.6. The average molecular weight is 261 g/mol. The highest BCUT2D eigenvalue weighted by atomic mass is 16.3. The average Bonchev–Trinajstić information content (AvgIpc) is 2.41. The van der Waals surface area contributed by atoms with Crippen LogP contribution in [-0.2, 0) is 0 Å². The molecule has 1 aromatic heterocycles. The van der Waals surface area contributed by atoms with Crippen molar-refractivity contribution in [2.24, 2.45) is 0 Å². The number of nitrogens with one attached hydrogen (secondary N) is 2. The lowest BCUT2D eigenvalue weighted by molar-refractivity contribution is 0.0961. The van der Waals surface area contributed by atoms with Crippen molar-refractivity contribution in [1.29, 1.82) is 0 Å². The van der Waals surface area contributed by atoms with Gasteiger partial charge in [0.2, 0.25) is 0 Å². The van der Waals surface area contributed by atoms with Gasteiger partial charge in [0.15, 0.2) is 11.5 Å². The molecular weight excluding hydrogens is 250 g/mol. The number of carbonyl (C=O) groups excluding carboxylic acids is 1. The second kappa shape index (κ2) is 4.81. The summed E-state index contributed by atoms with van der Waals surface area (Å²) in [5.74, 6) is -0.939. The lowest BCUT2D eigenvalue weighted by Crippen LogP contribution is -2.27. The minimum absolute atomic E-state index is 0.103. The highest BCUT2D eigenvalue weighted by Gasteiger charge is 2.11. The van der Waals surface area contributed by atoms with Crippen LogP contribution in [0.25, 0.3) is 11.4 Å². The zero-order valence-electron chi connectivity index (χ0n) is 9.97. The second-order valence-corrected chi connectivity index (χ2v) is 3.76. The molecule has 98 valence electrons. The van der Waals surface area contributed by atoms with E-state index in [1.54, 1.807) is 0 Å². The second-order valence-electron chi connectivity index (χ2n) is 3.76. The van der Waals surface area contributed by atoms with Crippen LogP contribution < -0.4 is 10.9 Å². The number of aromatic nitrogens is 2. The third-order valence-corrected chi connectivity index (χ3v) is 2.52. The van der Waals surface area contributed by atoms with Gasteiger partial charge in [0.1, 0.15) is 11.4 Å². The van der Waals surface area contributed by atoms with Gasteiger partial charge in [-0.15, -0.1) is 0 Å². The number of phenolic OH excluding ortho intramolecular Hbond substituents is 2. The lowest BCUT2D eigenvalue weighted by Gasteiger charge is -2.04. The smallest absolute Gasteiger partial charge is 0.264 e. The Bertz CT molecular complexity index is 694. The van der Waals surface area contributed by atoms with E-state index in [4.69, 9.17) is 0 Å². The van der Waals surface area contributed by atoms with Crippen LogP contribution in [0.4, 0.5) is 0 Å². The van der Waals surface area contributed by atoms with E-state index in [1.165, 1.54) is 25.2 Å². The molecule has 7 heteroatoms. The van der Waals surface area contributed by atoms with Crippen LogP contribution in [0.5, 0.6) is 11.5 Å². The molecule has 19 heavy (non-hydrogen) atoms. The molecule has 0 aliphatic carbocycles. The van der Waals surface area contributed by atoms with Crippen molar-refractivity contribution >= 4 is 5.91 Å².